The summed E-state index contributed by atoms with van der Waals surface area (Å²) < 4.78 is 0. The summed E-state index contributed by atoms with van der Waals surface area (Å²) >= 11 is 0. The topological polar surface area (TPSA) is 271 Å². The van der Waals surface area contributed by atoms with Crippen LogP contribution in [0.25, 0.3) is 0 Å². The van der Waals surface area contributed by atoms with Gasteiger partial charge >= 0.3 is 11.9 Å². The largest absolute Gasteiger partial charge is 0.508 e. The molecule has 0 aliphatic rings. The molecule has 43 heavy (non-hydrogen) atoms. The first-order chi connectivity index (χ1) is 20.2. The molecule has 2 rings (SSSR count). The van der Waals surface area contributed by atoms with Crippen LogP contribution in [0.4, 0.5) is 0 Å². The summed E-state index contributed by atoms with van der Waals surface area (Å²) in [4.78, 5) is 73.4. The number of benzene rings is 2. The first-order valence-electron chi connectivity index (χ1n) is 13.2. The maximum Gasteiger partial charge on any atom is 0.326 e. The van der Waals surface area contributed by atoms with Crippen molar-refractivity contribution in [3.05, 3.63) is 59.7 Å². The second-order valence-corrected chi connectivity index (χ2v) is 9.81. The predicted octanol–water partition coefficient (Wildman–Crippen LogP) is -1.12. The molecule has 2 aromatic carbocycles. The molecule has 15 nitrogen and oxygen atoms in total. The Bertz CT molecular complexity index is 1300. The highest BCUT2D eigenvalue weighted by atomic mass is 16.4. The number of hydrogen-bond acceptors (Lipinski definition) is 9. The van der Waals surface area contributed by atoms with Gasteiger partial charge in [0.1, 0.15) is 29.6 Å². The van der Waals surface area contributed by atoms with E-state index in [1.807, 2.05) is 0 Å². The van der Waals surface area contributed by atoms with Gasteiger partial charge in [-0.05, 0) is 54.7 Å². The van der Waals surface area contributed by atoms with Crippen molar-refractivity contribution in [1.29, 1.82) is 0 Å². The van der Waals surface area contributed by atoms with Crippen molar-refractivity contribution in [2.24, 2.45) is 11.5 Å². The summed E-state index contributed by atoms with van der Waals surface area (Å²) in [5.74, 6) is -6.17. The van der Waals surface area contributed by atoms with Crippen molar-refractivity contribution in [2.75, 3.05) is 0 Å². The molecule has 0 aromatic heterocycles. The van der Waals surface area contributed by atoms with Gasteiger partial charge in [0, 0.05) is 19.3 Å². The van der Waals surface area contributed by atoms with Gasteiger partial charge in [-0.1, -0.05) is 24.3 Å². The first-order valence-corrected chi connectivity index (χ1v) is 13.2. The standard InChI is InChI=1S/C28H35N5O10/c29-19(13-15-1-5-17(34)6-2-15)25(39)31-20(9-11-23(30)36)26(40)33-22(14-16-3-7-18(35)8-4-16)27(41)32-21(28(42)43)10-12-24(37)38/h1-8,19-22,34-35H,9-14,29H2,(H2,30,36)(H,31,39)(H,32,41)(H,33,40)(H,37,38)(H,42,43)/t19-,20-,21-,22-/m0/s1. The van der Waals surface area contributed by atoms with Gasteiger partial charge in [-0.15, -0.1) is 0 Å². The van der Waals surface area contributed by atoms with Crippen LogP contribution >= 0.6 is 0 Å². The molecule has 0 aliphatic carbocycles. The molecule has 11 N–H and O–H groups in total. The Balaban J connectivity index is 2.25. The molecule has 0 unspecified atom stereocenters. The number of carboxylic acids is 2. The number of carbonyl (C=O) groups excluding carboxylic acids is 4. The fourth-order valence-electron chi connectivity index (χ4n) is 3.96. The smallest absolute Gasteiger partial charge is 0.326 e. The lowest BCUT2D eigenvalue weighted by atomic mass is 10.0. The lowest BCUT2D eigenvalue weighted by molar-refractivity contribution is -0.143. The Morgan fingerprint density at radius 1 is 0.628 bits per heavy atom. The van der Waals surface area contributed by atoms with Crippen LogP contribution in [0.1, 0.15) is 36.8 Å². The normalized spacial score (nSPS) is 13.5. The number of phenols is 2. The summed E-state index contributed by atoms with van der Waals surface area (Å²) in [6, 6.07) is 6.07. The Kier molecular flexibility index (Phi) is 12.9. The van der Waals surface area contributed by atoms with Crippen LogP contribution in [0.5, 0.6) is 11.5 Å². The van der Waals surface area contributed by atoms with Crippen LogP contribution in [0.3, 0.4) is 0 Å². The number of hydrogen-bond donors (Lipinski definition) is 9. The zero-order valence-electron chi connectivity index (χ0n) is 23.1. The van der Waals surface area contributed by atoms with Crippen LogP contribution in [0.15, 0.2) is 48.5 Å². The van der Waals surface area contributed by atoms with Crippen LogP contribution in [-0.4, -0.2) is 80.2 Å². The summed E-state index contributed by atoms with van der Waals surface area (Å²) in [6.45, 7) is 0. The minimum Gasteiger partial charge on any atom is -0.508 e. The third kappa shape index (κ3) is 12.1. The van der Waals surface area contributed by atoms with Crippen LogP contribution in [-0.2, 0) is 41.6 Å². The maximum atomic E-state index is 13.3. The molecule has 4 atom stereocenters. The Morgan fingerprint density at radius 2 is 1.07 bits per heavy atom. The summed E-state index contributed by atoms with van der Waals surface area (Å²) in [5, 5.41) is 44.5. The van der Waals surface area contributed by atoms with Gasteiger partial charge in [0.05, 0.1) is 6.04 Å². The number of phenolic OH excluding ortho intramolecular Hbond substituents is 2. The molecule has 0 saturated carbocycles. The van der Waals surface area contributed by atoms with Gasteiger partial charge in [-0.25, -0.2) is 4.79 Å². The van der Waals surface area contributed by atoms with E-state index >= 15 is 0 Å². The van der Waals surface area contributed by atoms with Gasteiger partial charge in [0.15, 0.2) is 0 Å². The third-order valence-electron chi connectivity index (χ3n) is 6.31. The lowest BCUT2D eigenvalue weighted by Crippen LogP contribution is -2.58. The van der Waals surface area contributed by atoms with Crippen molar-refractivity contribution in [3.8, 4) is 11.5 Å². The van der Waals surface area contributed by atoms with Crippen molar-refractivity contribution in [1.82, 2.24) is 16.0 Å². The van der Waals surface area contributed by atoms with E-state index in [0.29, 0.717) is 11.1 Å². The molecule has 15 heteroatoms. The second-order valence-electron chi connectivity index (χ2n) is 9.81. The molecule has 0 aliphatic heterocycles. The van der Waals surface area contributed by atoms with E-state index in [0.717, 1.165) is 0 Å². The molecule has 0 saturated heterocycles. The van der Waals surface area contributed by atoms with E-state index in [1.165, 1.54) is 36.4 Å². The molecule has 0 heterocycles. The molecule has 232 valence electrons. The molecule has 0 fully saturated rings. The number of carbonyl (C=O) groups is 6. The Labute approximate surface area is 246 Å². The van der Waals surface area contributed by atoms with Gasteiger partial charge < -0.3 is 47.8 Å². The number of rotatable bonds is 17. The van der Waals surface area contributed by atoms with Crippen molar-refractivity contribution in [3.63, 3.8) is 0 Å². The van der Waals surface area contributed by atoms with E-state index in [-0.39, 0.29) is 37.2 Å². The summed E-state index contributed by atoms with van der Waals surface area (Å²) in [5.41, 5.74) is 12.3. The fraction of sp³-hybridized carbons (Fsp3) is 0.357. The summed E-state index contributed by atoms with van der Waals surface area (Å²) in [7, 11) is 0. The highest BCUT2D eigenvalue weighted by Gasteiger charge is 2.31. The van der Waals surface area contributed by atoms with Crippen LogP contribution in [0.2, 0.25) is 0 Å². The van der Waals surface area contributed by atoms with E-state index in [9.17, 15) is 44.1 Å². The molecule has 2 aromatic rings. The van der Waals surface area contributed by atoms with Crippen molar-refractivity contribution >= 4 is 35.6 Å². The summed E-state index contributed by atoms with van der Waals surface area (Å²) in [6.07, 6.45) is -1.65. The van der Waals surface area contributed by atoms with Crippen molar-refractivity contribution in [2.45, 2.75) is 62.7 Å². The lowest BCUT2D eigenvalue weighted by Gasteiger charge is -2.25. The van der Waals surface area contributed by atoms with Gasteiger partial charge in [-0.2, -0.15) is 0 Å². The number of nitrogens with two attached hydrogens (primary N) is 2. The van der Waals surface area contributed by atoms with E-state index in [1.54, 1.807) is 12.1 Å². The first kappa shape index (κ1) is 34.0. The van der Waals surface area contributed by atoms with E-state index < -0.39 is 72.6 Å². The third-order valence-corrected chi connectivity index (χ3v) is 6.31. The highest BCUT2D eigenvalue weighted by molar-refractivity contribution is 5.94. The number of carboxylic acid groups (broad SMARTS) is 2. The second kappa shape index (κ2) is 16.3. The number of amides is 4. The van der Waals surface area contributed by atoms with Crippen LogP contribution in [0, 0.1) is 0 Å². The molecular weight excluding hydrogens is 566 g/mol. The van der Waals surface area contributed by atoms with Gasteiger partial charge in [0.25, 0.3) is 0 Å². The number of aromatic hydroxyl groups is 2. The van der Waals surface area contributed by atoms with Gasteiger partial charge in [0.2, 0.25) is 23.6 Å². The zero-order valence-corrected chi connectivity index (χ0v) is 23.1. The SMILES string of the molecule is NC(=O)CC[C@H](NC(=O)[C@@H](N)Cc1ccc(O)cc1)C(=O)N[C@@H](Cc1ccc(O)cc1)C(=O)N[C@@H](CCC(=O)O)C(=O)O. The zero-order chi connectivity index (χ0) is 32.1. The van der Waals surface area contributed by atoms with Gasteiger partial charge in [-0.3, -0.25) is 24.0 Å². The monoisotopic (exact) mass is 601 g/mol. The Hall–Kier alpha value is -5.18. The number of nitrogens with one attached hydrogen (secondary N) is 3. The highest BCUT2D eigenvalue weighted by Crippen LogP contribution is 2.13. The minimum atomic E-state index is -1.58. The molecular formula is C28H35N5O10. The average molecular weight is 602 g/mol. The Morgan fingerprint density at radius 3 is 1.56 bits per heavy atom. The quantitative estimate of drug-likeness (QED) is 0.105. The van der Waals surface area contributed by atoms with Crippen LogP contribution < -0.4 is 27.4 Å². The molecule has 4 amide bonds. The predicted molar refractivity (Wildman–Crippen MR) is 150 cm³/mol. The molecule has 0 bridgehead atoms. The maximum absolute atomic E-state index is 13.3. The molecule has 0 radical (unpaired) electrons. The number of primary amides is 1. The molecule has 0 spiro atoms. The fourth-order valence-corrected chi connectivity index (χ4v) is 3.96. The number of aliphatic carboxylic acids is 2. The van der Waals surface area contributed by atoms with Crippen molar-refractivity contribution < 1.29 is 49.2 Å². The average Bonchev–Trinajstić information content (AvgIpc) is 2.94. The minimum absolute atomic E-state index is 0.0208. The van der Waals surface area contributed by atoms with E-state index in [2.05, 4.69) is 16.0 Å². The van der Waals surface area contributed by atoms with E-state index in [4.69, 9.17) is 16.6 Å².